The number of thioether (sulfide) groups is 1. The largest absolute Gasteiger partial charge is 0.329 e. The third-order valence-electron chi connectivity index (χ3n) is 3.26. The molecule has 2 atom stereocenters. The summed E-state index contributed by atoms with van der Waals surface area (Å²) in [5.41, 5.74) is 6.49. The van der Waals surface area contributed by atoms with Crippen LogP contribution in [0.5, 0.6) is 0 Å². The highest BCUT2D eigenvalue weighted by molar-refractivity contribution is 7.99. The van der Waals surface area contributed by atoms with Crippen molar-refractivity contribution in [3.05, 3.63) is 34.6 Å². The maximum absolute atomic E-state index is 14.0. The van der Waals surface area contributed by atoms with Crippen molar-refractivity contribution >= 4 is 23.4 Å². The third kappa shape index (κ3) is 3.18. The highest BCUT2D eigenvalue weighted by Crippen LogP contribution is 2.29. The Kier molecular flexibility index (Phi) is 4.90. The molecule has 0 radical (unpaired) electrons. The van der Waals surface area contributed by atoms with Gasteiger partial charge in [0.15, 0.2) is 0 Å². The lowest BCUT2D eigenvalue weighted by molar-refractivity contribution is 0.207. The summed E-state index contributed by atoms with van der Waals surface area (Å²) in [6, 6.07) is 4.79. The topological polar surface area (TPSA) is 29.3 Å². The van der Waals surface area contributed by atoms with Crippen molar-refractivity contribution in [1.82, 2.24) is 4.90 Å². The van der Waals surface area contributed by atoms with Gasteiger partial charge in [0, 0.05) is 47.3 Å². The van der Waals surface area contributed by atoms with Gasteiger partial charge in [0.25, 0.3) is 0 Å². The van der Waals surface area contributed by atoms with E-state index in [2.05, 4.69) is 11.8 Å². The number of hydrogen-bond acceptors (Lipinski definition) is 3. The van der Waals surface area contributed by atoms with Crippen LogP contribution in [0.15, 0.2) is 18.2 Å². The number of nitrogens with zero attached hydrogens (tertiary/aromatic N) is 1. The second kappa shape index (κ2) is 6.24. The summed E-state index contributed by atoms with van der Waals surface area (Å²) in [6.07, 6.45) is 0. The Morgan fingerprint density at radius 1 is 1.61 bits per heavy atom. The minimum Gasteiger partial charge on any atom is -0.329 e. The van der Waals surface area contributed by atoms with E-state index in [9.17, 15) is 4.39 Å². The molecule has 0 bridgehead atoms. The van der Waals surface area contributed by atoms with Crippen LogP contribution in [0.1, 0.15) is 18.5 Å². The van der Waals surface area contributed by atoms with E-state index in [-0.39, 0.29) is 11.9 Å². The predicted octanol–water partition coefficient (Wildman–Crippen LogP) is 2.92. The lowest BCUT2D eigenvalue weighted by atomic mass is 10.0. The van der Waals surface area contributed by atoms with E-state index in [0.29, 0.717) is 22.4 Å². The number of benzene rings is 1. The van der Waals surface area contributed by atoms with Gasteiger partial charge < -0.3 is 5.73 Å². The predicted molar refractivity (Wildman–Crippen MR) is 76.7 cm³/mol. The second-order valence-corrected chi connectivity index (χ2v) is 6.58. The van der Waals surface area contributed by atoms with E-state index in [1.807, 2.05) is 11.8 Å². The Labute approximate surface area is 117 Å². The maximum atomic E-state index is 14.0. The summed E-state index contributed by atoms with van der Waals surface area (Å²) in [5, 5.41) is 0.998. The smallest absolute Gasteiger partial charge is 0.129 e. The van der Waals surface area contributed by atoms with Crippen molar-refractivity contribution in [2.75, 3.05) is 25.4 Å². The number of halogens is 2. The molecule has 0 saturated carbocycles. The quantitative estimate of drug-likeness (QED) is 0.927. The minimum absolute atomic E-state index is 0.0504. The average Bonchev–Trinajstić information content (AvgIpc) is 2.33. The van der Waals surface area contributed by atoms with Gasteiger partial charge in [-0.25, -0.2) is 4.39 Å². The molecule has 18 heavy (non-hydrogen) atoms. The number of nitrogens with two attached hydrogens (primary N) is 1. The summed E-state index contributed by atoms with van der Waals surface area (Å²) < 4.78 is 14.0. The summed E-state index contributed by atoms with van der Waals surface area (Å²) in [5.74, 6) is 0.816. The van der Waals surface area contributed by atoms with Crippen molar-refractivity contribution in [3.63, 3.8) is 0 Å². The van der Waals surface area contributed by atoms with E-state index in [0.717, 1.165) is 18.8 Å². The number of hydrogen-bond donors (Lipinski definition) is 1. The van der Waals surface area contributed by atoms with Gasteiger partial charge in [0.2, 0.25) is 0 Å². The molecule has 100 valence electrons. The van der Waals surface area contributed by atoms with Gasteiger partial charge in [-0.3, -0.25) is 4.90 Å². The van der Waals surface area contributed by atoms with Crippen LogP contribution in [0.4, 0.5) is 4.39 Å². The van der Waals surface area contributed by atoms with Gasteiger partial charge in [-0.05, 0) is 12.1 Å². The summed E-state index contributed by atoms with van der Waals surface area (Å²) in [6.45, 7) is 4.53. The molecule has 1 saturated heterocycles. The molecule has 2 N–H and O–H groups in total. The van der Waals surface area contributed by atoms with Crippen LogP contribution in [-0.4, -0.2) is 35.5 Å². The van der Waals surface area contributed by atoms with Crippen molar-refractivity contribution in [2.45, 2.75) is 18.2 Å². The van der Waals surface area contributed by atoms with Gasteiger partial charge in [0.1, 0.15) is 5.82 Å². The molecule has 2 unspecified atom stereocenters. The molecular formula is C13H18ClFN2S. The standard InChI is InChI=1S/C13H18ClFN2S/c1-9-8-17(4-5-18-9)13(7-16)11-3-2-10(14)6-12(11)15/h2-3,6,9,13H,4-5,7-8,16H2,1H3. The highest BCUT2D eigenvalue weighted by Gasteiger charge is 2.26. The van der Waals surface area contributed by atoms with Gasteiger partial charge in [-0.15, -0.1) is 0 Å². The summed E-state index contributed by atoms with van der Waals surface area (Å²) >= 11 is 7.74. The first-order valence-electron chi connectivity index (χ1n) is 6.12. The zero-order chi connectivity index (χ0) is 13.1. The van der Waals surface area contributed by atoms with Crippen LogP contribution in [0.3, 0.4) is 0 Å². The fraction of sp³-hybridized carbons (Fsp3) is 0.538. The van der Waals surface area contributed by atoms with Crippen LogP contribution < -0.4 is 5.73 Å². The first-order chi connectivity index (χ1) is 8.61. The molecule has 0 amide bonds. The van der Waals surface area contributed by atoms with Crippen molar-refractivity contribution < 1.29 is 4.39 Å². The van der Waals surface area contributed by atoms with Crippen LogP contribution in [-0.2, 0) is 0 Å². The molecule has 1 fully saturated rings. The Bertz CT molecular complexity index is 416. The van der Waals surface area contributed by atoms with Gasteiger partial charge in [0.05, 0.1) is 0 Å². The van der Waals surface area contributed by atoms with E-state index >= 15 is 0 Å². The highest BCUT2D eigenvalue weighted by atomic mass is 35.5. The van der Waals surface area contributed by atoms with Crippen LogP contribution in [0, 0.1) is 5.82 Å². The van der Waals surface area contributed by atoms with Crippen LogP contribution in [0.25, 0.3) is 0 Å². The Morgan fingerprint density at radius 2 is 2.39 bits per heavy atom. The molecule has 1 aliphatic rings. The molecule has 2 nitrogen and oxygen atoms in total. The van der Waals surface area contributed by atoms with E-state index in [4.69, 9.17) is 17.3 Å². The zero-order valence-electron chi connectivity index (χ0n) is 10.4. The fourth-order valence-corrected chi connectivity index (χ4v) is 3.57. The lowest BCUT2D eigenvalue weighted by Crippen LogP contribution is -2.42. The molecule has 1 heterocycles. The Balaban J connectivity index is 2.21. The Morgan fingerprint density at radius 3 is 3.00 bits per heavy atom. The molecule has 1 aliphatic heterocycles. The summed E-state index contributed by atoms with van der Waals surface area (Å²) in [7, 11) is 0. The first-order valence-corrected chi connectivity index (χ1v) is 7.55. The third-order valence-corrected chi connectivity index (χ3v) is 4.63. The zero-order valence-corrected chi connectivity index (χ0v) is 12.0. The van der Waals surface area contributed by atoms with E-state index in [1.54, 1.807) is 12.1 Å². The summed E-state index contributed by atoms with van der Waals surface area (Å²) in [4.78, 5) is 2.27. The second-order valence-electron chi connectivity index (χ2n) is 4.59. The molecular weight excluding hydrogens is 271 g/mol. The van der Waals surface area contributed by atoms with Crippen molar-refractivity contribution in [1.29, 1.82) is 0 Å². The number of rotatable bonds is 3. The first kappa shape index (κ1) is 14.1. The fourth-order valence-electron chi connectivity index (χ4n) is 2.37. The minimum atomic E-state index is -0.260. The lowest BCUT2D eigenvalue weighted by Gasteiger charge is -2.36. The molecule has 1 aromatic rings. The maximum Gasteiger partial charge on any atom is 0.129 e. The van der Waals surface area contributed by atoms with Gasteiger partial charge in [-0.2, -0.15) is 11.8 Å². The average molecular weight is 289 g/mol. The molecule has 2 rings (SSSR count). The van der Waals surface area contributed by atoms with Crippen LogP contribution >= 0.6 is 23.4 Å². The molecule has 1 aromatic carbocycles. The molecule has 0 aromatic heterocycles. The van der Waals surface area contributed by atoms with Gasteiger partial charge >= 0.3 is 0 Å². The molecule has 0 aliphatic carbocycles. The van der Waals surface area contributed by atoms with Gasteiger partial charge in [-0.1, -0.05) is 24.6 Å². The molecule has 0 spiro atoms. The Hall–Kier alpha value is -0.290. The van der Waals surface area contributed by atoms with E-state index in [1.165, 1.54) is 6.07 Å². The van der Waals surface area contributed by atoms with E-state index < -0.39 is 0 Å². The SMILES string of the molecule is CC1CN(C(CN)c2ccc(Cl)cc2F)CCS1. The van der Waals surface area contributed by atoms with Crippen molar-refractivity contribution in [3.8, 4) is 0 Å². The van der Waals surface area contributed by atoms with Crippen LogP contribution in [0.2, 0.25) is 5.02 Å². The normalized spacial score (nSPS) is 23.0. The molecule has 5 heteroatoms. The monoisotopic (exact) mass is 288 g/mol. The van der Waals surface area contributed by atoms with Crippen molar-refractivity contribution in [2.24, 2.45) is 5.73 Å².